The number of nitrogens with zero attached hydrogens (tertiary/aromatic N) is 1. The average molecular weight is 309 g/mol. The Morgan fingerprint density at radius 2 is 2.32 bits per heavy atom. The third-order valence-corrected chi connectivity index (χ3v) is 4.16. The van der Waals surface area contributed by atoms with Crippen molar-refractivity contribution in [3.8, 4) is 0 Å². The van der Waals surface area contributed by atoms with E-state index in [9.17, 15) is 9.90 Å². The number of urea groups is 1. The minimum Gasteiger partial charge on any atom is -0.467 e. The van der Waals surface area contributed by atoms with Crippen molar-refractivity contribution < 1.29 is 14.3 Å². The van der Waals surface area contributed by atoms with Gasteiger partial charge < -0.3 is 25.1 Å². The molecule has 22 heavy (non-hydrogen) atoms. The molecule has 6 nitrogen and oxygen atoms in total. The second-order valence-corrected chi connectivity index (χ2v) is 6.22. The Kier molecular flexibility index (Phi) is 6.27. The van der Waals surface area contributed by atoms with Crippen molar-refractivity contribution in [2.75, 3.05) is 26.2 Å². The van der Waals surface area contributed by atoms with Crippen LogP contribution in [0.1, 0.15) is 38.6 Å². The number of amides is 2. The largest absolute Gasteiger partial charge is 0.467 e. The van der Waals surface area contributed by atoms with Crippen LogP contribution in [0.5, 0.6) is 0 Å². The van der Waals surface area contributed by atoms with E-state index in [1.807, 2.05) is 0 Å². The maximum absolute atomic E-state index is 11.8. The lowest BCUT2D eigenvalue weighted by molar-refractivity contribution is 0.137. The first-order valence-electron chi connectivity index (χ1n) is 8.03. The Morgan fingerprint density at radius 3 is 3.00 bits per heavy atom. The van der Waals surface area contributed by atoms with Crippen LogP contribution in [0.15, 0.2) is 22.8 Å². The Hall–Kier alpha value is -1.53. The molecule has 124 valence electrons. The molecule has 0 saturated carbocycles. The highest BCUT2D eigenvalue weighted by atomic mass is 16.4. The van der Waals surface area contributed by atoms with Gasteiger partial charge in [0.1, 0.15) is 11.9 Å². The molecule has 1 aliphatic rings. The van der Waals surface area contributed by atoms with Crippen LogP contribution >= 0.6 is 0 Å². The highest BCUT2D eigenvalue weighted by Gasteiger charge is 2.22. The Bertz CT molecular complexity index is 447. The normalized spacial score (nSPS) is 20.8. The predicted octanol–water partition coefficient (Wildman–Crippen LogP) is 1.73. The summed E-state index contributed by atoms with van der Waals surface area (Å²) >= 11 is 0. The topological polar surface area (TPSA) is 77.7 Å². The van der Waals surface area contributed by atoms with E-state index in [-0.39, 0.29) is 12.6 Å². The molecule has 0 spiro atoms. The number of piperidine rings is 1. The molecule has 6 heteroatoms. The summed E-state index contributed by atoms with van der Waals surface area (Å²) in [7, 11) is 0. The maximum Gasteiger partial charge on any atom is 0.314 e. The summed E-state index contributed by atoms with van der Waals surface area (Å²) in [4.78, 5) is 14.3. The van der Waals surface area contributed by atoms with E-state index in [1.165, 1.54) is 12.7 Å². The summed E-state index contributed by atoms with van der Waals surface area (Å²) < 4.78 is 5.09. The highest BCUT2D eigenvalue weighted by molar-refractivity contribution is 5.73. The quantitative estimate of drug-likeness (QED) is 0.748. The number of aliphatic hydroxyl groups is 1. The Labute approximate surface area is 131 Å². The first-order chi connectivity index (χ1) is 10.6. The molecule has 1 aromatic heterocycles. The molecule has 0 radical (unpaired) electrons. The average Bonchev–Trinajstić information content (AvgIpc) is 3.05. The van der Waals surface area contributed by atoms with Gasteiger partial charge in [0, 0.05) is 19.1 Å². The summed E-state index contributed by atoms with van der Waals surface area (Å²) in [6.07, 6.45) is 3.02. The van der Waals surface area contributed by atoms with Gasteiger partial charge in [0.2, 0.25) is 0 Å². The van der Waals surface area contributed by atoms with E-state index in [0.717, 1.165) is 19.5 Å². The fourth-order valence-electron chi connectivity index (χ4n) is 2.80. The minimum absolute atomic E-state index is 0.141. The predicted molar refractivity (Wildman–Crippen MR) is 84.5 cm³/mol. The van der Waals surface area contributed by atoms with Crippen molar-refractivity contribution in [2.24, 2.45) is 5.92 Å². The number of hydrogen-bond donors (Lipinski definition) is 3. The van der Waals surface area contributed by atoms with Gasteiger partial charge in [-0.1, -0.05) is 0 Å². The van der Waals surface area contributed by atoms with E-state index in [2.05, 4.69) is 29.4 Å². The number of nitrogens with one attached hydrogen (secondary N) is 2. The first-order valence-corrected chi connectivity index (χ1v) is 8.03. The molecule has 1 saturated heterocycles. The van der Waals surface area contributed by atoms with Crippen LogP contribution in [0, 0.1) is 5.92 Å². The fraction of sp³-hybridized carbons (Fsp3) is 0.688. The summed E-state index contributed by atoms with van der Waals surface area (Å²) in [5.74, 6) is 0.956. The van der Waals surface area contributed by atoms with Crippen LogP contribution in [0.4, 0.5) is 4.79 Å². The van der Waals surface area contributed by atoms with Gasteiger partial charge in [0.25, 0.3) is 0 Å². The zero-order valence-electron chi connectivity index (χ0n) is 13.4. The molecular weight excluding hydrogens is 282 g/mol. The number of carbonyl (C=O) groups excluding carboxylic acids is 1. The first kappa shape index (κ1) is 16.8. The van der Waals surface area contributed by atoms with Crippen molar-refractivity contribution in [1.82, 2.24) is 15.5 Å². The van der Waals surface area contributed by atoms with Gasteiger partial charge in [-0.05, 0) is 51.3 Å². The van der Waals surface area contributed by atoms with Crippen LogP contribution < -0.4 is 10.6 Å². The lowest BCUT2D eigenvalue weighted by atomic mass is 9.97. The highest BCUT2D eigenvalue weighted by Crippen LogP contribution is 2.17. The van der Waals surface area contributed by atoms with Gasteiger partial charge >= 0.3 is 6.03 Å². The van der Waals surface area contributed by atoms with Gasteiger partial charge in [0.05, 0.1) is 12.8 Å². The number of hydrogen-bond acceptors (Lipinski definition) is 4. The third kappa shape index (κ3) is 5.03. The molecule has 1 aromatic rings. The van der Waals surface area contributed by atoms with Gasteiger partial charge in [-0.25, -0.2) is 4.79 Å². The van der Waals surface area contributed by atoms with E-state index < -0.39 is 6.10 Å². The van der Waals surface area contributed by atoms with Crippen LogP contribution in [-0.2, 0) is 0 Å². The zero-order valence-corrected chi connectivity index (χ0v) is 13.4. The van der Waals surface area contributed by atoms with Crippen molar-refractivity contribution in [2.45, 2.75) is 38.8 Å². The standard InChI is InChI=1S/C16H27N3O3/c1-12(2)19-7-3-5-13(11-19)9-17-16(21)18-10-14(20)15-6-4-8-22-15/h4,6,8,12-14,20H,3,5,7,9-11H2,1-2H3,(H2,17,18,21). The minimum atomic E-state index is -0.813. The number of carbonyl (C=O) groups is 1. The van der Waals surface area contributed by atoms with Gasteiger partial charge in [-0.3, -0.25) is 0 Å². The van der Waals surface area contributed by atoms with Crippen molar-refractivity contribution >= 4 is 6.03 Å². The molecule has 1 aliphatic heterocycles. The van der Waals surface area contributed by atoms with Crippen LogP contribution in [-0.4, -0.2) is 48.3 Å². The SMILES string of the molecule is CC(C)N1CCCC(CNC(=O)NCC(O)c2ccco2)C1. The number of aliphatic hydroxyl groups excluding tert-OH is 1. The summed E-state index contributed by atoms with van der Waals surface area (Å²) in [6.45, 7) is 7.41. The second kappa shape index (κ2) is 8.19. The van der Waals surface area contributed by atoms with Crippen molar-refractivity contribution in [3.05, 3.63) is 24.2 Å². The molecule has 2 rings (SSSR count). The monoisotopic (exact) mass is 309 g/mol. The van der Waals surface area contributed by atoms with Crippen LogP contribution in [0.25, 0.3) is 0 Å². The molecular formula is C16H27N3O3. The summed E-state index contributed by atoms with van der Waals surface area (Å²) in [6, 6.07) is 3.71. The third-order valence-electron chi connectivity index (χ3n) is 4.16. The summed E-state index contributed by atoms with van der Waals surface area (Å²) in [5, 5.41) is 15.4. The van der Waals surface area contributed by atoms with Crippen LogP contribution in [0.3, 0.4) is 0 Å². The smallest absolute Gasteiger partial charge is 0.314 e. The lowest BCUT2D eigenvalue weighted by Crippen LogP contribution is -2.46. The van der Waals surface area contributed by atoms with Crippen LogP contribution in [0.2, 0.25) is 0 Å². The van der Waals surface area contributed by atoms with Gasteiger partial charge in [0.15, 0.2) is 0 Å². The van der Waals surface area contributed by atoms with E-state index >= 15 is 0 Å². The molecule has 3 N–H and O–H groups in total. The van der Waals surface area contributed by atoms with Crippen molar-refractivity contribution in [1.29, 1.82) is 0 Å². The second-order valence-electron chi connectivity index (χ2n) is 6.22. The zero-order chi connectivity index (χ0) is 15.9. The van der Waals surface area contributed by atoms with E-state index in [4.69, 9.17) is 4.42 Å². The Balaban J connectivity index is 1.65. The number of likely N-dealkylation sites (tertiary alicyclic amines) is 1. The lowest BCUT2D eigenvalue weighted by Gasteiger charge is -2.35. The molecule has 2 heterocycles. The maximum atomic E-state index is 11.8. The van der Waals surface area contributed by atoms with Crippen molar-refractivity contribution in [3.63, 3.8) is 0 Å². The molecule has 0 bridgehead atoms. The fourth-order valence-corrected chi connectivity index (χ4v) is 2.80. The molecule has 0 aromatic carbocycles. The molecule has 2 atom stereocenters. The van der Waals surface area contributed by atoms with Gasteiger partial charge in [-0.2, -0.15) is 0 Å². The molecule has 0 aliphatic carbocycles. The van der Waals surface area contributed by atoms with Gasteiger partial charge in [-0.15, -0.1) is 0 Å². The molecule has 1 fully saturated rings. The molecule has 2 amide bonds. The number of furan rings is 1. The number of rotatable bonds is 6. The van der Waals surface area contributed by atoms with E-state index in [1.54, 1.807) is 12.1 Å². The molecule has 2 unspecified atom stereocenters. The van der Waals surface area contributed by atoms with E-state index in [0.29, 0.717) is 24.3 Å². The summed E-state index contributed by atoms with van der Waals surface area (Å²) in [5.41, 5.74) is 0. The Morgan fingerprint density at radius 1 is 1.50 bits per heavy atom.